The smallest absolute Gasteiger partial charge is 0.131 e. The van der Waals surface area contributed by atoms with Gasteiger partial charge >= 0.3 is 0 Å². The number of rotatable bonds is 1. The van der Waals surface area contributed by atoms with E-state index in [1.165, 1.54) is 6.08 Å². The van der Waals surface area contributed by atoms with Crippen LogP contribution in [0.5, 0.6) is 0 Å². The number of nitriles is 3. The van der Waals surface area contributed by atoms with Gasteiger partial charge in [0.2, 0.25) is 0 Å². The Labute approximate surface area is 142 Å². The summed E-state index contributed by atoms with van der Waals surface area (Å²) in [7, 11) is 0. The molecular weight excluding hydrogens is 294 g/mol. The molecule has 112 valence electrons. The molecule has 0 heterocycles. The maximum atomic E-state index is 9.34. The highest BCUT2D eigenvalue weighted by molar-refractivity contribution is 5.54. The third-order valence-corrected chi connectivity index (χ3v) is 2.79. The van der Waals surface area contributed by atoms with Gasteiger partial charge in [-0.3, -0.25) is 0 Å². The molecule has 0 aromatic heterocycles. The van der Waals surface area contributed by atoms with E-state index in [1.807, 2.05) is 19.9 Å². The molecule has 0 fully saturated rings. The van der Waals surface area contributed by atoms with Gasteiger partial charge in [-0.2, -0.15) is 15.8 Å². The number of allylic oxidation sites excluding steroid dienone is 12. The van der Waals surface area contributed by atoms with E-state index in [1.54, 1.807) is 48.6 Å². The first-order valence-electron chi connectivity index (χ1n) is 6.99. The highest BCUT2D eigenvalue weighted by atomic mass is 14.3. The molecule has 1 rings (SSSR count). The van der Waals surface area contributed by atoms with Gasteiger partial charge in [-0.05, 0) is 48.5 Å². The minimum Gasteiger partial charge on any atom is -0.192 e. The highest BCUT2D eigenvalue weighted by Gasteiger charge is 2.01. The van der Waals surface area contributed by atoms with Gasteiger partial charge in [0.05, 0.1) is 11.6 Å². The lowest BCUT2D eigenvalue weighted by molar-refractivity contribution is 1.43. The lowest BCUT2D eigenvalue weighted by Gasteiger charge is -1.97. The maximum Gasteiger partial charge on any atom is 0.131 e. The zero-order valence-electron chi connectivity index (χ0n) is 13.4. The number of nitrogens with zero attached hydrogens (tertiary/aromatic N) is 3. The highest BCUT2D eigenvalue weighted by Crippen LogP contribution is 2.12. The molecule has 0 saturated carbocycles. The van der Waals surface area contributed by atoms with Crippen molar-refractivity contribution >= 4 is 0 Å². The fourth-order valence-corrected chi connectivity index (χ4v) is 1.58. The van der Waals surface area contributed by atoms with E-state index in [9.17, 15) is 5.26 Å². The molecule has 0 bridgehead atoms. The van der Waals surface area contributed by atoms with E-state index < -0.39 is 0 Å². The Balaban J connectivity index is 3.53. The van der Waals surface area contributed by atoms with Crippen LogP contribution < -0.4 is 0 Å². The van der Waals surface area contributed by atoms with E-state index in [2.05, 4.69) is 23.7 Å². The molecule has 0 atom stereocenters. The topological polar surface area (TPSA) is 71.4 Å². The summed E-state index contributed by atoms with van der Waals surface area (Å²) < 4.78 is 0. The van der Waals surface area contributed by atoms with Gasteiger partial charge < -0.3 is 0 Å². The molecule has 3 heteroatoms. The van der Waals surface area contributed by atoms with Crippen molar-refractivity contribution in [2.45, 2.75) is 13.8 Å². The third kappa shape index (κ3) is 6.20. The first-order chi connectivity index (χ1) is 11.6. The van der Waals surface area contributed by atoms with Gasteiger partial charge in [-0.25, -0.2) is 0 Å². The molecule has 0 aromatic carbocycles. The van der Waals surface area contributed by atoms with Crippen LogP contribution in [0.4, 0.5) is 0 Å². The van der Waals surface area contributed by atoms with E-state index in [0.29, 0.717) is 5.57 Å². The van der Waals surface area contributed by atoms with Gasteiger partial charge in [0.15, 0.2) is 0 Å². The van der Waals surface area contributed by atoms with Gasteiger partial charge in [0.1, 0.15) is 17.7 Å². The van der Waals surface area contributed by atoms with E-state index in [0.717, 1.165) is 11.1 Å². The van der Waals surface area contributed by atoms with Gasteiger partial charge in [0.25, 0.3) is 0 Å². The molecule has 0 unspecified atom stereocenters. The third-order valence-electron chi connectivity index (χ3n) is 2.79. The van der Waals surface area contributed by atoms with Crippen molar-refractivity contribution in [2.75, 3.05) is 0 Å². The molecule has 0 amide bonds. The zero-order chi connectivity index (χ0) is 17.8. The Morgan fingerprint density at radius 3 is 1.79 bits per heavy atom. The summed E-state index contributed by atoms with van der Waals surface area (Å²) in [5, 5.41) is 27.1. The lowest BCUT2D eigenvalue weighted by Crippen LogP contribution is -1.84. The summed E-state index contributed by atoms with van der Waals surface area (Å²) in [5.74, 6) is 11.4. The van der Waals surface area contributed by atoms with Crippen LogP contribution in [-0.4, -0.2) is 0 Å². The van der Waals surface area contributed by atoms with Crippen LogP contribution in [0.25, 0.3) is 0 Å². The Bertz CT molecular complexity index is 885. The summed E-state index contributed by atoms with van der Waals surface area (Å²) in [5.41, 5.74) is 2.33. The number of hydrogen-bond donors (Lipinski definition) is 0. The predicted octanol–water partition coefficient (Wildman–Crippen LogP) is 3.81. The van der Waals surface area contributed by atoms with E-state index in [4.69, 9.17) is 10.5 Å². The van der Waals surface area contributed by atoms with Gasteiger partial charge in [-0.1, -0.05) is 48.3 Å². The van der Waals surface area contributed by atoms with Crippen LogP contribution in [-0.2, 0) is 0 Å². The van der Waals surface area contributed by atoms with Crippen LogP contribution in [0.15, 0.2) is 70.4 Å². The van der Waals surface area contributed by atoms with Crippen molar-refractivity contribution in [3.63, 3.8) is 0 Å². The number of hydrogen-bond acceptors (Lipinski definition) is 3. The monoisotopic (exact) mass is 307 g/mol. The van der Waals surface area contributed by atoms with Crippen LogP contribution in [0.2, 0.25) is 0 Å². The van der Waals surface area contributed by atoms with Crippen molar-refractivity contribution in [2.24, 2.45) is 0 Å². The van der Waals surface area contributed by atoms with Gasteiger partial charge in [0, 0.05) is 0 Å². The van der Waals surface area contributed by atoms with Crippen LogP contribution in [0.3, 0.4) is 0 Å². The standard InChI is InChI=1S/C21H13N3/c1-17-7-3-4-8-18(2)10-6-12-20(11-5-9-17)21(16-24)13-19(14-22)15-23/h5-6,9-13H,1-2H3/b11-5+,12-6+,17-9-,18-10+,21-20?. The quantitative estimate of drug-likeness (QED) is 0.546. The zero-order valence-corrected chi connectivity index (χ0v) is 13.4. The molecule has 24 heavy (non-hydrogen) atoms. The SMILES string of the molecule is C/C1=C/C=C/C(=C(C#N)C=C(C#N)C#N)/C=C/C=C(\C)C#CC#C1. The summed E-state index contributed by atoms with van der Waals surface area (Å²) in [4.78, 5) is 0. The molecule has 1 aliphatic carbocycles. The molecule has 0 aromatic rings. The fraction of sp³-hybridized carbons (Fsp3) is 0.0952. The van der Waals surface area contributed by atoms with Gasteiger partial charge in [-0.15, -0.1) is 0 Å². The summed E-state index contributed by atoms with van der Waals surface area (Å²) in [6.07, 6.45) is 11.8. The summed E-state index contributed by atoms with van der Waals surface area (Å²) in [6, 6.07) is 5.52. The summed E-state index contributed by atoms with van der Waals surface area (Å²) in [6.45, 7) is 3.71. The molecule has 0 N–H and O–H groups in total. The van der Waals surface area contributed by atoms with E-state index >= 15 is 0 Å². The fourth-order valence-electron chi connectivity index (χ4n) is 1.58. The average Bonchev–Trinajstić information content (AvgIpc) is 2.59. The molecule has 0 aliphatic heterocycles. The average molecular weight is 307 g/mol. The van der Waals surface area contributed by atoms with Crippen molar-refractivity contribution in [1.29, 1.82) is 15.8 Å². The second-order valence-electron chi connectivity index (χ2n) is 4.68. The Morgan fingerprint density at radius 2 is 1.38 bits per heavy atom. The van der Waals surface area contributed by atoms with Crippen molar-refractivity contribution in [3.05, 3.63) is 70.4 Å². The normalized spacial score (nSPS) is 21.8. The first kappa shape index (κ1) is 18.1. The molecule has 0 radical (unpaired) electrons. The Morgan fingerprint density at radius 1 is 0.875 bits per heavy atom. The molecule has 3 nitrogen and oxygen atoms in total. The van der Waals surface area contributed by atoms with Crippen LogP contribution >= 0.6 is 0 Å². The van der Waals surface area contributed by atoms with E-state index in [-0.39, 0.29) is 11.1 Å². The van der Waals surface area contributed by atoms with Crippen molar-refractivity contribution < 1.29 is 0 Å². The largest absolute Gasteiger partial charge is 0.192 e. The van der Waals surface area contributed by atoms with Crippen LogP contribution in [0, 0.1) is 57.7 Å². The molecule has 0 saturated heterocycles. The maximum absolute atomic E-state index is 9.34. The summed E-state index contributed by atoms with van der Waals surface area (Å²) >= 11 is 0. The second kappa shape index (κ2) is 9.87. The molecule has 1 aliphatic rings. The first-order valence-corrected chi connectivity index (χ1v) is 6.99. The van der Waals surface area contributed by atoms with Crippen molar-refractivity contribution in [3.8, 4) is 41.9 Å². The van der Waals surface area contributed by atoms with Crippen molar-refractivity contribution in [1.82, 2.24) is 0 Å². The molecular formula is C21H13N3. The molecule has 0 spiro atoms. The van der Waals surface area contributed by atoms with Crippen LogP contribution in [0.1, 0.15) is 13.8 Å². The second-order valence-corrected chi connectivity index (χ2v) is 4.68. The lowest BCUT2D eigenvalue weighted by atomic mass is 10.0. The minimum atomic E-state index is -0.126. The predicted molar refractivity (Wildman–Crippen MR) is 93.3 cm³/mol. The Kier molecular flexibility index (Phi) is 7.44. The minimum absolute atomic E-state index is 0.126. The Hall–Kier alpha value is -3.97.